The highest BCUT2D eigenvalue weighted by Gasteiger charge is 2.55. The topological polar surface area (TPSA) is 108 Å². The Morgan fingerprint density at radius 2 is 1.74 bits per heavy atom. The number of anilines is 1. The highest BCUT2D eigenvalue weighted by Crippen LogP contribution is 2.46. The fourth-order valence-electron chi connectivity index (χ4n) is 4.33. The molecule has 0 spiro atoms. The van der Waals surface area contributed by atoms with Gasteiger partial charge < -0.3 is 10.6 Å². The fraction of sp³-hybridized carbons (Fsp3) is 0.269. The average molecular weight is 579 g/mol. The van der Waals surface area contributed by atoms with Crippen LogP contribution in [0.15, 0.2) is 65.1 Å². The van der Waals surface area contributed by atoms with Gasteiger partial charge in [-0.25, -0.2) is 26.6 Å². The second-order valence-corrected chi connectivity index (χ2v) is 12.4. The minimum absolute atomic E-state index is 0.132. The third-order valence-corrected chi connectivity index (χ3v) is 8.14. The molecule has 2 aromatic carbocycles. The smallest absolute Gasteiger partial charge is 0.249 e. The van der Waals surface area contributed by atoms with E-state index in [9.17, 15) is 26.8 Å². The Labute approximate surface area is 227 Å². The van der Waals surface area contributed by atoms with E-state index in [1.165, 1.54) is 42.5 Å². The molecule has 4 rings (SSSR count). The fourth-order valence-corrected chi connectivity index (χ4v) is 5.75. The average Bonchev–Trinajstić information content (AvgIpc) is 3.49. The Bertz CT molecular complexity index is 1510. The Hall–Kier alpha value is -3.71. The molecule has 13 heteroatoms. The second-order valence-electron chi connectivity index (χ2n) is 9.16. The number of sulfone groups is 1. The zero-order valence-corrected chi connectivity index (χ0v) is 22.6. The quantitative estimate of drug-likeness (QED) is 0.406. The van der Waals surface area contributed by atoms with Crippen molar-refractivity contribution < 1.29 is 31.2 Å². The van der Waals surface area contributed by atoms with Crippen LogP contribution in [0.3, 0.4) is 0 Å². The lowest BCUT2D eigenvalue weighted by Crippen LogP contribution is -2.58. The number of nitrogens with one attached hydrogen (secondary N) is 2. The summed E-state index contributed by atoms with van der Waals surface area (Å²) in [5, 5.41) is 12.5. The molecule has 0 bridgehead atoms. The van der Waals surface area contributed by atoms with Crippen LogP contribution >= 0.6 is 11.3 Å². The SMILES string of the molecule is CC1(C(=O)NCC(=O)NCCS(C)(=O)=O)C(c2cccs2)C(c2ccc(F)cc2)=NN1c1ccc(F)cc1F. The number of hydrogen-bond acceptors (Lipinski definition) is 7. The normalized spacial score (nSPS) is 19.1. The van der Waals surface area contributed by atoms with Crippen molar-refractivity contribution in [2.24, 2.45) is 5.10 Å². The highest BCUT2D eigenvalue weighted by molar-refractivity contribution is 7.90. The van der Waals surface area contributed by atoms with Gasteiger partial charge >= 0.3 is 0 Å². The van der Waals surface area contributed by atoms with Crippen LogP contribution < -0.4 is 15.6 Å². The number of hydrazone groups is 1. The van der Waals surface area contributed by atoms with E-state index in [0.717, 1.165) is 23.4 Å². The molecule has 2 N–H and O–H groups in total. The molecule has 0 aliphatic carbocycles. The van der Waals surface area contributed by atoms with Crippen LogP contribution in [0.1, 0.15) is 23.3 Å². The van der Waals surface area contributed by atoms with Gasteiger partial charge in [-0.1, -0.05) is 18.2 Å². The van der Waals surface area contributed by atoms with Gasteiger partial charge in [-0.3, -0.25) is 9.59 Å². The van der Waals surface area contributed by atoms with Crippen LogP contribution in [0, 0.1) is 17.5 Å². The van der Waals surface area contributed by atoms with E-state index >= 15 is 4.39 Å². The maximum absolute atomic E-state index is 15.1. The van der Waals surface area contributed by atoms with E-state index in [2.05, 4.69) is 15.7 Å². The molecule has 0 fully saturated rings. The van der Waals surface area contributed by atoms with Gasteiger partial charge in [-0.2, -0.15) is 5.10 Å². The van der Waals surface area contributed by atoms with E-state index in [4.69, 9.17) is 0 Å². The van der Waals surface area contributed by atoms with E-state index in [0.29, 0.717) is 22.2 Å². The molecule has 1 aliphatic heterocycles. The van der Waals surface area contributed by atoms with Gasteiger partial charge in [-0.15, -0.1) is 11.3 Å². The molecule has 1 aliphatic rings. The van der Waals surface area contributed by atoms with E-state index < -0.39 is 57.1 Å². The van der Waals surface area contributed by atoms with Crippen LogP contribution in [0.25, 0.3) is 0 Å². The molecule has 2 unspecified atom stereocenters. The summed E-state index contributed by atoms with van der Waals surface area (Å²) in [5.41, 5.74) is -1.00. The Kier molecular flexibility index (Phi) is 8.12. The van der Waals surface area contributed by atoms with E-state index in [-0.39, 0.29) is 18.0 Å². The van der Waals surface area contributed by atoms with Gasteiger partial charge in [0.1, 0.15) is 21.5 Å². The molecule has 8 nitrogen and oxygen atoms in total. The van der Waals surface area contributed by atoms with Crippen molar-refractivity contribution in [2.75, 3.05) is 30.1 Å². The Morgan fingerprint density at radius 1 is 1.05 bits per heavy atom. The first-order valence-corrected chi connectivity index (χ1v) is 14.7. The minimum Gasteiger partial charge on any atom is -0.354 e. The summed E-state index contributed by atoms with van der Waals surface area (Å²) in [6, 6.07) is 11.9. The first kappa shape index (κ1) is 28.3. The summed E-state index contributed by atoms with van der Waals surface area (Å²) in [4.78, 5) is 26.9. The summed E-state index contributed by atoms with van der Waals surface area (Å²) < 4.78 is 65.2. The Balaban J connectivity index is 1.73. The number of hydrogen-bond donors (Lipinski definition) is 2. The van der Waals surface area contributed by atoms with Gasteiger partial charge in [0.05, 0.1) is 29.6 Å². The summed E-state index contributed by atoms with van der Waals surface area (Å²) in [7, 11) is -3.30. The second kappa shape index (κ2) is 11.2. The molecular weight excluding hydrogens is 553 g/mol. The summed E-state index contributed by atoms with van der Waals surface area (Å²) >= 11 is 1.33. The van der Waals surface area contributed by atoms with Crippen molar-refractivity contribution >= 4 is 44.4 Å². The molecular formula is C26H25F3N4O4S2. The van der Waals surface area contributed by atoms with Gasteiger partial charge in [0.25, 0.3) is 0 Å². The van der Waals surface area contributed by atoms with Gasteiger partial charge in [-0.05, 0) is 48.2 Å². The lowest BCUT2D eigenvalue weighted by atomic mass is 9.78. The van der Waals surface area contributed by atoms with Crippen molar-refractivity contribution in [2.45, 2.75) is 18.4 Å². The number of carbonyl (C=O) groups excluding carboxylic acids is 2. The molecule has 2 amide bonds. The third-order valence-electron chi connectivity index (χ3n) is 6.25. The molecule has 0 saturated carbocycles. The van der Waals surface area contributed by atoms with Crippen LogP contribution in [0.4, 0.5) is 18.9 Å². The minimum atomic E-state index is -3.30. The number of rotatable bonds is 9. The lowest BCUT2D eigenvalue weighted by Gasteiger charge is -2.37. The monoisotopic (exact) mass is 578 g/mol. The molecule has 0 saturated heterocycles. The van der Waals surface area contributed by atoms with Crippen molar-refractivity contribution in [3.8, 4) is 0 Å². The van der Waals surface area contributed by atoms with Crippen LogP contribution in [0.5, 0.6) is 0 Å². The summed E-state index contributed by atoms with van der Waals surface area (Å²) in [5.74, 6) is -4.62. The first-order chi connectivity index (χ1) is 18.4. The molecule has 2 heterocycles. The highest BCUT2D eigenvalue weighted by atomic mass is 32.2. The van der Waals surface area contributed by atoms with Crippen LogP contribution in [0.2, 0.25) is 0 Å². The van der Waals surface area contributed by atoms with Crippen molar-refractivity contribution in [1.29, 1.82) is 0 Å². The predicted octanol–water partition coefficient (Wildman–Crippen LogP) is 3.21. The molecule has 3 aromatic rings. The van der Waals surface area contributed by atoms with Crippen molar-refractivity contribution in [3.05, 3.63) is 87.9 Å². The largest absolute Gasteiger partial charge is 0.354 e. The van der Waals surface area contributed by atoms with E-state index in [1.54, 1.807) is 17.5 Å². The zero-order valence-electron chi connectivity index (χ0n) is 20.9. The maximum Gasteiger partial charge on any atom is 0.249 e. The predicted molar refractivity (Wildman–Crippen MR) is 143 cm³/mol. The lowest BCUT2D eigenvalue weighted by molar-refractivity contribution is -0.129. The number of carbonyl (C=O) groups is 2. The molecule has 206 valence electrons. The number of nitrogens with zero attached hydrogens (tertiary/aromatic N) is 2. The number of thiophene rings is 1. The number of benzene rings is 2. The zero-order chi connectivity index (χ0) is 28.4. The van der Waals surface area contributed by atoms with Crippen LogP contribution in [-0.4, -0.2) is 56.6 Å². The summed E-state index contributed by atoms with van der Waals surface area (Å²) in [6.45, 7) is 0.908. The van der Waals surface area contributed by atoms with Crippen molar-refractivity contribution in [1.82, 2.24) is 10.6 Å². The van der Waals surface area contributed by atoms with E-state index in [1.807, 2.05) is 0 Å². The molecule has 39 heavy (non-hydrogen) atoms. The molecule has 2 atom stereocenters. The number of amides is 2. The maximum atomic E-state index is 15.1. The van der Waals surface area contributed by atoms with Crippen LogP contribution in [-0.2, 0) is 19.4 Å². The Morgan fingerprint density at radius 3 is 2.36 bits per heavy atom. The van der Waals surface area contributed by atoms with Gasteiger partial charge in [0.2, 0.25) is 11.8 Å². The summed E-state index contributed by atoms with van der Waals surface area (Å²) in [6.07, 6.45) is 1.04. The van der Waals surface area contributed by atoms with Crippen molar-refractivity contribution in [3.63, 3.8) is 0 Å². The first-order valence-electron chi connectivity index (χ1n) is 11.8. The van der Waals surface area contributed by atoms with Gasteiger partial charge in [0, 0.05) is 23.7 Å². The third kappa shape index (κ3) is 6.14. The van der Waals surface area contributed by atoms with Gasteiger partial charge in [0.15, 0.2) is 11.4 Å². The molecule has 0 radical (unpaired) electrons. The number of halogens is 3. The molecule has 1 aromatic heterocycles. The standard InChI is InChI=1S/C26H25F3N4O4S2/c1-26(25(35)31-15-22(34)30-11-13-39(2,36)37)23(21-4-3-12-38-21)24(16-5-7-17(27)8-6-16)32-33(26)20-10-9-18(28)14-19(20)29/h3-10,12,14,23H,11,13,15H2,1-2H3,(H,30,34)(H,31,35).